The van der Waals surface area contributed by atoms with E-state index in [2.05, 4.69) is 29.6 Å². The van der Waals surface area contributed by atoms with Crippen molar-refractivity contribution in [2.45, 2.75) is 69.7 Å². The van der Waals surface area contributed by atoms with Crippen LogP contribution in [0.3, 0.4) is 0 Å². The van der Waals surface area contributed by atoms with E-state index in [-0.39, 0.29) is 30.8 Å². The Labute approximate surface area is 272 Å². The summed E-state index contributed by atoms with van der Waals surface area (Å²) in [5.74, 6) is -0.699. The van der Waals surface area contributed by atoms with Crippen molar-refractivity contribution in [2.24, 2.45) is 11.3 Å². The minimum atomic E-state index is -0.901. The van der Waals surface area contributed by atoms with Gasteiger partial charge in [-0.3, -0.25) is 9.59 Å². The molecule has 3 N–H and O–H groups in total. The predicted octanol–water partition coefficient (Wildman–Crippen LogP) is 5.46. The van der Waals surface area contributed by atoms with Gasteiger partial charge in [-0.15, -0.1) is 0 Å². The second-order valence-electron chi connectivity index (χ2n) is 13.5. The highest BCUT2D eigenvalue weighted by molar-refractivity contribution is 5.85. The Morgan fingerprint density at radius 2 is 1.46 bits per heavy atom. The highest BCUT2D eigenvalue weighted by Gasteiger charge is 2.48. The maximum Gasteiger partial charge on any atom is 0.229 e. The second kappa shape index (κ2) is 14.0. The molecule has 0 saturated carbocycles. The Morgan fingerprint density at radius 1 is 0.870 bits per heavy atom. The lowest BCUT2D eigenvalue weighted by molar-refractivity contribution is -0.137. The predicted molar refractivity (Wildman–Crippen MR) is 180 cm³/mol. The summed E-state index contributed by atoms with van der Waals surface area (Å²) < 4.78 is 0. The number of hydrogen-bond donors (Lipinski definition) is 3. The molecule has 0 aromatic heterocycles. The number of β-amino-alcohol motifs (C(OH)–C–C–N with tert-alkyl or cyclic N) is 1. The Balaban J connectivity index is 1.21. The lowest BCUT2D eigenvalue weighted by Crippen LogP contribution is -2.44. The second-order valence-corrected chi connectivity index (χ2v) is 13.5. The quantitative estimate of drug-likeness (QED) is 0.197. The number of aliphatic hydroxyl groups excluding tert-OH is 2. The van der Waals surface area contributed by atoms with Crippen molar-refractivity contribution in [3.8, 4) is 0 Å². The standard InChI is InChI=1S/C40H44N2O4/c1-40(25-30-17-9-4-10-18-30)26-33(22-29-15-7-3-8-16-29)42(39(40)46)27-34(43)23-32(21-28-13-5-2-6-14-28)38(45)41-37-35-20-12-11-19-31(35)24-36(37)44/h2-20,32-34,36-37,43-44H,21-27H2,1H3,(H,41,45)/t32-,33-,34-,36+,37-,40-/m0/s1. The van der Waals surface area contributed by atoms with Gasteiger partial charge in [-0.05, 0) is 59.9 Å². The fourth-order valence-electron chi connectivity index (χ4n) is 7.56. The normalized spacial score (nSPS) is 23.6. The van der Waals surface area contributed by atoms with Gasteiger partial charge in [0.15, 0.2) is 0 Å². The summed E-state index contributed by atoms with van der Waals surface area (Å²) in [7, 11) is 0. The van der Waals surface area contributed by atoms with Crippen molar-refractivity contribution >= 4 is 11.8 Å². The first kappa shape index (κ1) is 31.7. The number of benzene rings is 4. The van der Waals surface area contributed by atoms with E-state index < -0.39 is 29.6 Å². The average Bonchev–Trinajstić information content (AvgIpc) is 3.49. The fourth-order valence-corrected chi connectivity index (χ4v) is 7.56. The molecule has 1 saturated heterocycles. The molecule has 6 nitrogen and oxygen atoms in total. The van der Waals surface area contributed by atoms with E-state index >= 15 is 0 Å². The molecule has 0 unspecified atom stereocenters. The SMILES string of the molecule is C[C@]1(Cc2ccccc2)C[C@H](Cc2ccccc2)N(C[C@@H](O)C[C@H](Cc2ccccc2)C(=O)N[C@H]2c3ccccc3C[C@H]2O)C1=O. The van der Waals surface area contributed by atoms with E-state index in [4.69, 9.17) is 0 Å². The molecule has 0 spiro atoms. The van der Waals surface area contributed by atoms with Crippen molar-refractivity contribution in [1.29, 1.82) is 0 Å². The number of aliphatic hydroxyl groups is 2. The van der Waals surface area contributed by atoms with Crippen LogP contribution in [0.15, 0.2) is 115 Å². The molecule has 2 aliphatic rings. The van der Waals surface area contributed by atoms with Crippen molar-refractivity contribution < 1.29 is 19.8 Å². The third-order valence-electron chi connectivity index (χ3n) is 9.82. The molecule has 1 aliphatic heterocycles. The number of likely N-dealkylation sites (tertiary alicyclic amines) is 1. The van der Waals surface area contributed by atoms with Crippen molar-refractivity contribution in [3.63, 3.8) is 0 Å². The first-order valence-corrected chi connectivity index (χ1v) is 16.5. The number of carbonyl (C=O) groups excluding carboxylic acids is 2. The molecule has 6 rings (SSSR count). The molecular weight excluding hydrogens is 572 g/mol. The number of nitrogens with one attached hydrogen (secondary N) is 1. The largest absolute Gasteiger partial charge is 0.391 e. The zero-order chi connectivity index (χ0) is 32.1. The molecule has 6 heteroatoms. The van der Waals surface area contributed by atoms with Gasteiger partial charge < -0.3 is 20.4 Å². The molecule has 1 aliphatic carbocycles. The first-order valence-electron chi connectivity index (χ1n) is 16.5. The summed E-state index contributed by atoms with van der Waals surface area (Å²) in [6.45, 7) is 2.21. The number of rotatable bonds is 12. The highest BCUT2D eigenvalue weighted by Crippen LogP contribution is 2.40. The van der Waals surface area contributed by atoms with Crippen LogP contribution in [0.4, 0.5) is 0 Å². The van der Waals surface area contributed by atoms with Crippen molar-refractivity contribution in [3.05, 3.63) is 143 Å². The van der Waals surface area contributed by atoms with E-state index in [1.165, 1.54) is 0 Å². The highest BCUT2D eigenvalue weighted by atomic mass is 16.3. The van der Waals surface area contributed by atoms with E-state index in [9.17, 15) is 19.8 Å². The maximum absolute atomic E-state index is 14.2. The molecule has 238 valence electrons. The van der Waals surface area contributed by atoms with Crippen LogP contribution >= 0.6 is 0 Å². The molecule has 6 atom stereocenters. The van der Waals surface area contributed by atoms with Crippen LogP contribution < -0.4 is 5.32 Å². The van der Waals surface area contributed by atoms with E-state index in [0.29, 0.717) is 32.1 Å². The fraction of sp³-hybridized carbons (Fsp3) is 0.350. The van der Waals surface area contributed by atoms with Gasteiger partial charge in [0.1, 0.15) is 0 Å². The zero-order valence-electron chi connectivity index (χ0n) is 26.5. The number of nitrogens with zero attached hydrogens (tertiary/aromatic N) is 1. The first-order chi connectivity index (χ1) is 22.3. The minimum absolute atomic E-state index is 0.0473. The summed E-state index contributed by atoms with van der Waals surface area (Å²) >= 11 is 0. The van der Waals surface area contributed by atoms with Gasteiger partial charge in [-0.2, -0.15) is 0 Å². The number of hydrogen-bond acceptors (Lipinski definition) is 4. The van der Waals surface area contributed by atoms with Crippen LogP contribution in [-0.2, 0) is 35.3 Å². The summed E-state index contributed by atoms with van der Waals surface area (Å²) in [5.41, 5.74) is 4.65. The Morgan fingerprint density at radius 3 is 2.13 bits per heavy atom. The smallest absolute Gasteiger partial charge is 0.229 e. The van der Waals surface area contributed by atoms with Crippen LogP contribution in [-0.4, -0.2) is 51.7 Å². The maximum atomic E-state index is 14.2. The van der Waals surface area contributed by atoms with Gasteiger partial charge in [0, 0.05) is 24.9 Å². The van der Waals surface area contributed by atoms with Gasteiger partial charge in [0.05, 0.1) is 23.7 Å². The lowest BCUT2D eigenvalue weighted by atomic mass is 9.80. The van der Waals surface area contributed by atoms with E-state index in [1.807, 2.05) is 103 Å². The van der Waals surface area contributed by atoms with Gasteiger partial charge in [-0.1, -0.05) is 122 Å². The summed E-state index contributed by atoms with van der Waals surface area (Å²) in [5, 5.41) is 25.6. The molecule has 4 aromatic rings. The van der Waals surface area contributed by atoms with Crippen molar-refractivity contribution in [2.75, 3.05) is 6.54 Å². The molecule has 1 fully saturated rings. The monoisotopic (exact) mass is 616 g/mol. The summed E-state index contributed by atoms with van der Waals surface area (Å²) in [6.07, 6.45) is 1.56. The van der Waals surface area contributed by atoms with Gasteiger partial charge in [0.25, 0.3) is 0 Å². The van der Waals surface area contributed by atoms with Gasteiger partial charge in [0.2, 0.25) is 11.8 Å². The summed E-state index contributed by atoms with van der Waals surface area (Å²) in [6, 6.07) is 37.4. The van der Waals surface area contributed by atoms with Crippen LogP contribution in [0.25, 0.3) is 0 Å². The Hall–Kier alpha value is -4.26. The molecule has 46 heavy (non-hydrogen) atoms. The molecule has 1 heterocycles. The van der Waals surface area contributed by atoms with Crippen molar-refractivity contribution in [1.82, 2.24) is 10.2 Å². The third-order valence-corrected chi connectivity index (χ3v) is 9.82. The van der Waals surface area contributed by atoms with Crippen LogP contribution in [0.1, 0.15) is 53.6 Å². The summed E-state index contributed by atoms with van der Waals surface area (Å²) in [4.78, 5) is 29.9. The Kier molecular flexibility index (Phi) is 9.67. The lowest BCUT2D eigenvalue weighted by Gasteiger charge is -2.30. The molecule has 0 bridgehead atoms. The number of fused-ring (bicyclic) bond motifs is 1. The molecule has 4 aromatic carbocycles. The topological polar surface area (TPSA) is 89.9 Å². The molecule has 0 radical (unpaired) electrons. The van der Waals surface area contributed by atoms with Gasteiger partial charge in [-0.25, -0.2) is 0 Å². The average molecular weight is 617 g/mol. The van der Waals surface area contributed by atoms with Crippen LogP contribution in [0.5, 0.6) is 0 Å². The van der Waals surface area contributed by atoms with Crippen LogP contribution in [0, 0.1) is 11.3 Å². The van der Waals surface area contributed by atoms with E-state index in [1.54, 1.807) is 0 Å². The number of carbonyl (C=O) groups is 2. The van der Waals surface area contributed by atoms with Gasteiger partial charge >= 0.3 is 0 Å². The van der Waals surface area contributed by atoms with E-state index in [0.717, 1.165) is 27.8 Å². The number of amides is 2. The zero-order valence-corrected chi connectivity index (χ0v) is 26.5. The van der Waals surface area contributed by atoms with Crippen LogP contribution in [0.2, 0.25) is 0 Å². The Bertz CT molecular complexity index is 1610. The minimum Gasteiger partial charge on any atom is -0.391 e. The molecule has 2 amide bonds. The third kappa shape index (κ3) is 7.24. The molecular formula is C40H44N2O4.